The van der Waals surface area contributed by atoms with Crippen LogP contribution in [0.25, 0.3) is 0 Å². The van der Waals surface area contributed by atoms with E-state index in [0.717, 1.165) is 12.8 Å². The summed E-state index contributed by atoms with van der Waals surface area (Å²) in [5.41, 5.74) is 0. The highest BCUT2D eigenvalue weighted by Crippen LogP contribution is 2.17. The molecule has 0 aromatic rings. The minimum Gasteiger partial charge on any atom is -0.352 e. The highest BCUT2D eigenvalue weighted by atomic mass is 16.2. The summed E-state index contributed by atoms with van der Waals surface area (Å²) < 4.78 is 0. The zero-order valence-corrected chi connectivity index (χ0v) is 10.9. The van der Waals surface area contributed by atoms with Crippen molar-refractivity contribution < 1.29 is 9.59 Å². The maximum atomic E-state index is 11.8. The molecule has 0 heterocycles. The average molecular weight is 240 g/mol. The first-order valence-electron chi connectivity index (χ1n) is 6.67. The summed E-state index contributed by atoms with van der Waals surface area (Å²) in [5, 5.41) is 5.65. The Bertz CT molecular complexity index is 258. The maximum Gasteiger partial charge on any atom is 0.242 e. The van der Waals surface area contributed by atoms with Crippen LogP contribution in [-0.4, -0.2) is 23.9 Å². The van der Waals surface area contributed by atoms with Gasteiger partial charge in [0.1, 0.15) is 6.04 Å². The predicted octanol–water partition coefficient (Wildman–Crippen LogP) is 1.74. The monoisotopic (exact) mass is 240 g/mol. The van der Waals surface area contributed by atoms with Crippen molar-refractivity contribution in [3.63, 3.8) is 0 Å². The maximum absolute atomic E-state index is 11.8. The molecule has 1 atom stereocenters. The number of hydrogen-bond acceptors (Lipinski definition) is 2. The summed E-state index contributed by atoms with van der Waals surface area (Å²) in [6.45, 7) is 3.15. The SMILES string of the molecule is CC(=O)NC(C)C(=O)NC1CCCCCCC1. The van der Waals surface area contributed by atoms with Crippen LogP contribution >= 0.6 is 0 Å². The number of nitrogens with one attached hydrogen (secondary N) is 2. The van der Waals surface area contributed by atoms with Crippen LogP contribution in [0.1, 0.15) is 58.8 Å². The highest BCUT2D eigenvalue weighted by molar-refractivity contribution is 5.86. The van der Waals surface area contributed by atoms with Crippen LogP contribution < -0.4 is 10.6 Å². The number of carbonyl (C=O) groups is 2. The lowest BCUT2D eigenvalue weighted by atomic mass is 9.96. The predicted molar refractivity (Wildman–Crippen MR) is 67.5 cm³/mol. The second-order valence-electron chi connectivity index (χ2n) is 4.97. The van der Waals surface area contributed by atoms with Crippen LogP contribution in [0.3, 0.4) is 0 Å². The van der Waals surface area contributed by atoms with E-state index in [-0.39, 0.29) is 11.8 Å². The van der Waals surface area contributed by atoms with Crippen molar-refractivity contribution in [2.24, 2.45) is 0 Å². The zero-order valence-electron chi connectivity index (χ0n) is 10.9. The lowest BCUT2D eigenvalue weighted by Gasteiger charge is -2.23. The van der Waals surface area contributed by atoms with Gasteiger partial charge in [-0.1, -0.05) is 32.1 Å². The van der Waals surface area contributed by atoms with Gasteiger partial charge in [-0.25, -0.2) is 0 Å². The molecule has 0 bridgehead atoms. The molecule has 1 fully saturated rings. The van der Waals surface area contributed by atoms with E-state index in [9.17, 15) is 9.59 Å². The van der Waals surface area contributed by atoms with E-state index in [0.29, 0.717) is 6.04 Å². The molecule has 0 spiro atoms. The van der Waals surface area contributed by atoms with Crippen LogP contribution in [0, 0.1) is 0 Å². The molecule has 2 N–H and O–H groups in total. The average Bonchev–Trinajstić information content (AvgIpc) is 2.20. The molecular formula is C13H24N2O2. The molecule has 1 aliphatic carbocycles. The van der Waals surface area contributed by atoms with E-state index < -0.39 is 6.04 Å². The Morgan fingerprint density at radius 3 is 2.12 bits per heavy atom. The molecule has 0 radical (unpaired) electrons. The van der Waals surface area contributed by atoms with Gasteiger partial charge in [-0.2, -0.15) is 0 Å². The molecule has 1 rings (SSSR count). The van der Waals surface area contributed by atoms with Crippen LogP contribution in [0.2, 0.25) is 0 Å². The normalized spacial score (nSPS) is 19.9. The Balaban J connectivity index is 2.34. The number of carbonyl (C=O) groups excluding carboxylic acids is 2. The molecule has 0 aromatic heterocycles. The summed E-state index contributed by atoms with van der Waals surface area (Å²) in [7, 11) is 0. The van der Waals surface area contributed by atoms with Gasteiger partial charge in [0, 0.05) is 13.0 Å². The molecule has 4 nitrogen and oxygen atoms in total. The molecule has 0 aromatic carbocycles. The Labute approximate surface area is 104 Å². The molecule has 0 saturated heterocycles. The van der Waals surface area contributed by atoms with Crippen LogP contribution in [0.15, 0.2) is 0 Å². The van der Waals surface area contributed by atoms with E-state index in [2.05, 4.69) is 10.6 Å². The molecule has 1 unspecified atom stereocenters. The Kier molecular flexibility index (Phi) is 6.01. The van der Waals surface area contributed by atoms with Gasteiger partial charge in [-0.3, -0.25) is 9.59 Å². The van der Waals surface area contributed by atoms with Gasteiger partial charge in [-0.15, -0.1) is 0 Å². The van der Waals surface area contributed by atoms with Crippen molar-refractivity contribution in [1.29, 1.82) is 0 Å². The van der Waals surface area contributed by atoms with Gasteiger partial charge in [-0.05, 0) is 19.8 Å². The Hall–Kier alpha value is -1.06. The number of amides is 2. The van der Waals surface area contributed by atoms with E-state index >= 15 is 0 Å². The highest BCUT2D eigenvalue weighted by Gasteiger charge is 2.18. The van der Waals surface area contributed by atoms with Crippen molar-refractivity contribution in [1.82, 2.24) is 10.6 Å². The minimum absolute atomic E-state index is 0.0641. The minimum atomic E-state index is -0.432. The third-order valence-corrected chi connectivity index (χ3v) is 3.26. The standard InChI is InChI=1S/C13H24N2O2/c1-10(14-11(2)16)13(17)15-12-8-6-4-3-5-7-9-12/h10,12H,3-9H2,1-2H3,(H,14,16)(H,15,17). The van der Waals surface area contributed by atoms with Crippen molar-refractivity contribution in [2.45, 2.75) is 70.9 Å². The second kappa shape index (κ2) is 7.30. The van der Waals surface area contributed by atoms with Crippen molar-refractivity contribution in [2.75, 3.05) is 0 Å². The topological polar surface area (TPSA) is 58.2 Å². The summed E-state index contributed by atoms with van der Waals surface area (Å²) >= 11 is 0. The second-order valence-corrected chi connectivity index (χ2v) is 4.97. The quantitative estimate of drug-likeness (QED) is 0.789. The van der Waals surface area contributed by atoms with Crippen LogP contribution in [0.4, 0.5) is 0 Å². The number of rotatable bonds is 3. The molecule has 1 aliphatic rings. The Morgan fingerprint density at radius 1 is 1.06 bits per heavy atom. The summed E-state index contributed by atoms with van der Waals surface area (Å²) in [6.07, 6.45) is 8.39. The molecular weight excluding hydrogens is 216 g/mol. The molecule has 1 saturated carbocycles. The molecule has 4 heteroatoms. The smallest absolute Gasteiger partial charge is 0.242 e. The van der Waals surface area contributed by atoms with Gasteiger partial charge in [0.05, 0.1) is 0 Å². The van der Waals surface area contributed by atoms with E-state index in [4.69, 9.17) is 0 Å². The van der Waals surface area contributed by atoms with Crippen LogP contribution in [-0.2, 0) is 9.59 Å². The molecule has 0 aliphatic heterocycles. The van der Waals surface area contributed by atoms with E-state index in [1.54, 1.807) is 6.92 Å². The first-order chi connectivity index (χ1) is 8.09. The third kappa shape index (κ3) is 5.71. The lowest BCUT2D eigenvalue weighted by molar-refractivity contribution is -0.128. The summed E-state index contributed by atoms with van der Waals surface area (Å²) in [6, 6.07) is -0.142. The molecule has 98 valence electrons. The van der Waals surface area contributed by atoms with Gasteiger partial charge in [0.2, 0.25) is 11.8 Å². The fourth-order valence-corrected chi connectivity index (χ4v) is 2.30. The Morgan fingerprint density at radius 2 is 1.59 bits per heavy atom. The van der Waals surface area contributed by atoms with Gasteiger partial charge < -0.3 is 10.6 Å². The number of hydrogen-bond donors (Lipinski definition) is 2. The lowest BCUT2D eigenvalue weighted by Crippen LogP contribution is -2.47. The van der Waals surface area contributed by atoms with Gasteiger partial charge in [0.15, 0.2) is 0 Å². The first kappa shape index (κ1) is 14.0. The third-order valence-electron chi connectivity index (χ3n) is 3.26. The largest absolute Gasteiger partial charge is 0.352 e. The molecule has 2 amide bonds. The van der Waals surface area contributed by atoms with E-state index in [1.165, 1.54) is 39.0 Å². The van der Waals surface area contributed by atoms with Crippen molar-refractivity contribution in [3.05, 3.63) is 0 Å². The zero-order chi connectivity index (χ0) is 12.7. The summed E-state index contributed by atoms with van der Waals surface area (Å²) in [5.74, 6) is -0.226. The van der Waals surface area contributed by atoms with Crippen molar-refractivity contribution >= 4 is 11.8 Å². The fraction of sp³-hybridized carbons (Fsp3) is 0.846. The van der Waals surface area contributed by atoms with Crippen molar-refractivity contribution in [3.8, 4) is 0 Å². The molecule has 17 heavy (non-hydrogen) atoms. The van der Waals surface area contributed by atoms with Crippen LogP contribution in [0.5, 0.6) is 0 Å². The summed E-state index contributed by atoms with van der Waals surface area (Å²) in [4.78, 5) is 22.7. The first-order valence-corrected chi connectivity index (χ1v) is 6.67. The fourth-order valence-electron chi connectivity index (χ4n) is 2.30. The van der Waals surface area contributed by atoms with Gasteiger partial charge >= 0.3 is 0 Å². The van der Waals surface area contributed by atoms with E-state index in [1.807, 2.05) is 0 Å². The van der Waals surface area contributed by atoms with Gasteiger partial charge in [0.25, 0.3) is 0 Å².